The maximum Gasteiger partial charge on any atom is 0.330 e. The molecule has 1 fully saturated rings. The van der Waals surface area contributed by atoms with Crippen molar-refractivity contribution in [3.05, 3.63) is 103 Å². The Morgan fingerprint density at radius 2 is 1.17 bits per heavy atom. The number of esters is 4. The Hall–Kier alpha value is -4.54. The SMILES string of the molecule is C=CC(=O)OC(COCC1CCC(COCC(COC(=O)CCc2ccccc2)OC(=O)C=C)CC1)COC(=O)/C=C/c1ccccc1. The molecule has 3 rings (SSSR count). The van der Waals surface area contributed by atoms with Gasteiger partial charge in [-0.25, -0.2) is 14.4 Å². The maximum atomic E-state index is 12.2. The molecule has 0 bridgehead atoms. The molecule has 0 spiro atoms. The van der Waals surface area contributed by atoms with Crippen LogP contribution in [0.5, 0.6) is 0 Å². The van der Waals surface area contributed by atoms with Crippen LogP contribution in [0.2, 0.25) is 0 Å². The Labute approximate surface area is 282 Å². The molecular weight excluding hydrogens is 616 g/mol. The lowest BCUT2D eigenvalue weighted by Crippen LogP contribution is -2.31. The van der Waals surface area contributed by atoms with E-state index in [4.69, 9.17) is 28.4 Å². The molecule has 2 aromatic carbocycles. The van der Waals surface area contributed by atoms with Gasteiger partial charge >= 0.3 is 23.9 Å². The molecule has 2 unspecified atom stereocenters. The first-order chi connectivity index (χ1) is 23.3. The van der Waals surface area contributed by atoms with Gasteiger partial charge in [0.2, 0.25) is 0 Å². The van der Waals surface area contributed by atoms with Crippen LogP contribution >= 0.6 is 0 Å². The minimum absolute atomic E-state index is 0.0833. The van der Waals surface area contributed by atoms with Gasteiger partial charge in [-0.1, -0.05) is 73.8 Å². The zero-order valence-electron chi connectivity index (χ0n) is 27.4. The van der Waals surface area contributed by atoms with E-state index in [1.165, 1.54) is 6.08 Å². The van der Waals surface area contributed by atoms with E-state index in [9.17, 15) is 19.2 Å². The van der Waals surface area contributed by atoms with Crippen molar-refractivity contribution in [2.45, 2.75) is 50.7 Å². The lowest BCUT2D eigenvalue weighted by atomic mass is 9.83. The van der Waals surface area contributed by atoms with E-state index in [2.05, 4.69) is 13.2 Å². The Balaban J connectivity index is 1.33. The van der Waals surface area contributed by atoms with E-state index in [0.29, 0.717) is 31.5 Å². The summed E-state index contributed by atoms with van der Waals surface area (Å²) in [5.74, 6) is -1.50. The van der Waals surface area contributed by atoms with Crippen molar-refractivity contribution in [3.63, 3.8) is 0 Å². The molecule has 0 radical (unpaired) electrons. The van der Waals surface area contributed by atoms with Gasteiger partial charge in [0.05, 0.1) is 13.2 Å². The van der Waals surface area contributed by atoms with Gasteiger partial charge in [0.1, 0.15) is 13.2 Å². The predicted octanol–water partition coefficient (Wildman–Crippen LogP) is 5.45. The molecule has 2 aromatic rings. The first kappa shape index (κ1) is 37.9. The normalized spacial score (nSPS) is 17.1. The molecule has 10 nitrogen and oxygen atoms in total. The van der Waals surface area contributed by atoms with Gasteiger partial charge in [0.25, 0.3) is 0 Å². The summed E-state index contributed by atoms with van der Waals surface area (Å²) in [5, 5.41) is 0. The smallest absolute Gasteiger partial charge is 0.330 e. The highest BCUT2D eigenvalue weighted by molar-refractivity contribution is 5.87. The first-order valence-electron chi connectivity index (χ1n) is 16.3. The third kappa shape index (κ3) is 15.8. The molecule has 0 heterocycles. The number of ether oxygens (including phenoxy) is 6. The number of hydrogen-bond donors (Lipinski definition) is 0. The second-order valence-corrected chi connectivity index (χ2v) is 11.5. The maximum absolute atomic E-state index is 12.2. The zero-order chi connectivity index (χ0) is 34.4. The van der Waals surface area contributed by atoms with E-state index in [1.807, 2.05) is 60.7 Å². The minimum atomic E-state index is -0.763. The van der Waals surface area contributed by atoms with Crippen LogP contribution in [0, 0.1) is 11.8 Å². The molecule has 10 heteroatoms. The predicted molar refractivity (Wildman–Crippen MR) is 179 cm³/mol. The number of benzene rings is 2. The molecule has 0 N–H and O–H groups in total. The second-order valence-electron chi connectivity index (χ2n) is 11.5. The van der Waals surface area contributed by atoms with Crippen LogP contribution in [0.3, 0.4) is 0 Å². The highest BCUT2D eigenvalue weighted by atomic mass is 16.6. The van der Waals surface area contributed by atoms with Gasteiger partial charge in [-0.2, -0.15) is 0 Å². The van der Waals surface area contributed by atoms with Crippen LogP contribution in [0.25, 0.3) is 6.08 Å². The van der Waals surface area contributed by atoms with Gasteiger partial charge in [-0.05, 0) is 61.1 Å². The summed E-state index contributed by atoms with van der Waals surface area (Å²) in [4.78, 5) is 48.0. The summed E-state index contributed by atoms with van der Waals surface area (Å²) in [6.07, 6.45) is 8.09. The molecule has 1 aliphatic rings. The van der Waals surface area contributed by atoms with Crippen molar-refractivity contribution in [2.24, 2.45) is 11.8 Å². The van der Waals surface area contributed by atoms with Crippen LogP contribution in [-0.4, -0.2) is 75.7 Å². The van der Waals surface area contributed by atoms with Gasteiger partial charge in [0, 0.05) is 37.9 Å². The lowest BCUT2D eigenvalue weighted by Gasteiger charge is -2.29. The topological polar surface area (TPSA) is 124 Å². The Morgan fingerprint density at radius 1 is 0.667 bits per heavy atom. The Morgan fingerprint density at radius 3 is 1.69 bits per heavy atom. The average molecular weight is 663 g/mol. The number of aryl methyl sites for hydroxylation is 1. The fourth-order valence-corrected chi connectivity index (χ4v) is 5.05. The highest BCUT2D eigenvalue weighted by Gasteiger charge is 2.24. The third-order valence-electron chi connectivity index (χ3n) is 7.69. The van der Waals surface area contributed by atoms with Crippen molar-refractivity contribution < 1.29 is 47.6 Å². The molecule has 258 valence electrons. The van der Waals surface area contributed by atoms with Crippen molar-refractivity contribution in [1.29, 1.82) is 0 Å². The standard InChI is InChI=1S/C38H46O10/c1-3-35(39)47-33(27-45-37(41)21-19-29-11-7-5-8-12-29)25-43-23-31-15-17-32(18-16-31)24-44-26-34(48-36(40)4-2)28-46-38(42)22-20-30-13-9-6-10-14-30/h3-14,19,21,31-34H,1-2,15-18,20,22-28H2/b21-19+. The number of carbonyl (C=O) groups is 4. The quantitative estimate of drug-likeness (QED) is 0.0968. The Kier molecular flexibility index (Phi) is 17.5. The summed E-state index contributed by atoms with van der Waals surface area (Å²) in [6, 6.07) is 19.0. The van der Waals surface area contributed by atoms with Crippen LogP contribution in [-0.2, 0) is 54.0 Å². The lowest BCUT2D eigenvalue weighted by molar-refractivity contribution is -0.159. The van der Waals surface area contributed by atoms with Crippen LogP contribution in [0.1, 0.15) is 43.2 Å². The van der Waals surface area contributed by atoms with Crippen molar-refractivity contribution in [3.8, 4) is 0 Å². The average Bonchev–Trinajstić information content (AvgIpc) is 3.12. The van der Waals surface area contributed by atoms with Crippen molar-refractivity contribution in [2.75, 3.05) is 39.6 Å². The minimum Gasteiger partial charge on any atom is -0.462 e. The van der Waals surface area contributed by atoms with Gasteiger partial charge in [-0.15, -0.1) is 0 Å². The van der Waals surface area contributed by atoms with Crippen LogP contribution in [0.4, 0.5) is 0 Å². The van der Waals surface area contributed by atoms with E-state index >= 15 is 0 Å². The summed E-state index contributed by atoms with van der Waals surface area (Å²) < 4.78 is 33.0. The number of hydrogen-bond acceptors (Lipinski definition) is 10. The molecule has 1 saturated carbocycles. The molecule has 0 aliphatic heterocycles. The third-order valence-corrected chi connectivity index (χ3v) is 7.69. The van der Waals surface area contributed by atoms with E-state index < -0.39 is 30.1 Å². The van der Waals surface area contributed by atoms with E-state index in [1.54, 1.807) is 6.08 Å². The fraction of sp³-hybridized carbons (Fsp3) is 0.421. The van der Waals surface area contributed by atoms with E-state index in [-0.39, 0.29) is 38.8 Å². The second kappa shape index (κ2) is 22.1. The zero-order valence-corrected chi connectivity index (χ0v) is 27.4. The van der Waals surface area contributed by atoms with Crippen molar-refractivity contribution >= 4 is 30.0 Å². The summed E-state index contributed by atoms with van der Waals surface area (Å²) in [5.41, 5.74) is 1.90. The molecular formula is C38H46O10. The molecule has 0 saturated heterocycles. The van der Waals surface area contributed by atoms with Gasteiger partial charge in [-0.3, -0.25) is 4.79 Å². The largest absolute Gasteiger partial charge is 0.462 e. The summed E-state index contributed by atoms with van der Waals surface area (Å²) in [6.45, 7) is 7.77. The summed E-state index contributed by atoms with van der Waals surface area (Å²) in [7, 11) is 0. The van der Waals surface area contributed by atoms with E-state index in [0.717, 1.165) is 49.0 Å². The Bertz CT molecular complexity index is 1320. The van der Waals surface area contributed by atoms with Gasteiger partial charge < -0.3 is 28.4 Å². The monoisotopic (exact) mass is 662 g/mol. The van der Waals surface area contributed by atoms with Crippen molar-refractivity contribution in [1.82, 2.24) is 0 Å². The summed E-state index contributed by atoms with van der Waals surface area (Å²) >= 11 is 0. The molecule has 0 amide bonds. The van der Waals surface area contributed by atoms with Gasteiger partial charge in [0.15, 0.2) is 12.2 Å². The molecule has 48 heavy (non-hydrogen) atoms. The fourth-order valence-electron chi connectivity index (χ4n) is 5.05. The number of carbonyl (C=O) groups excluding carboxylic acids is 4. The molecule has 1 aliphatic carbocycles. The number of rotatable bonds is 21. The van der Waals surface area contributed by atoms with Crippen LogP contribution < -0.4 is 0 Å². The highest BCUT2D eigenvalue weighted by Crippen LogP contribution is 2.29. The molecule has 0 aromatic heterocycles. The first-order valence-corrected chi connectivity index (χ1v) is 16.3. The van der Waals surface area contributed by atoms with Crippen LogP contribution in [0.15, 0.2) is 92.0 Å². The molecule has 2 atom stereocenters.